The molecule has 0 fully saturated rings. The van der Waals surface area contributed by atoms with E-state index in [2.05, 4.69) is 20.7 Å². The second-order valence-corrected chi connectivity index (χ2v) is 7.94. The summed E-state index contributed by atoms with van der Waals surface area (Å²) in [6.45, 7) is 1.73. The number of nitrogens with one attached hydrogen (secondary N) is 1. The van der Waals surface area contributed by atoms with Crippen molar-refractivity contribution in [2.45, 2.75) is 17.9 Å². The minimum absolute atomic E-state index is 0.189. The quantitative estimate of drug-likeness (QED) is 0.789. The maximum atomic E-state index is 12.3. The Hall–Kier alpha value is -0.590. The molecule has 0 aliphatic heterocycles. The Morgan fingerprint density at radius 2 is 1.86 bits per heavy atom. The summed E-state index contributed by atoms with van der Waals surface area (Å²) < 4.78 is 28.0. The van der Waals surface area contributed by atoms with Crippen LogP contribution in [0.25, 0.3) is 0 Å². The van der Waals surface area contributed by atoms with Crippen LogP contribution in [0.5, 0.6) is 0 Å². The van der Waals surface area contributed by atoms with Crippen LogP contribution in [0.3, 0.4) is 0 Å². The van der Waals surface area contributed by atoms with Gasteiger partial charge in [-0.1, -0.05) is 51.3 Å². The Balaban J connectivity index is 2.28. The van der Waals surface area contributed by atoms with Gasteiger partial charge < -0.3 is 0 Å². The van der Waals surface area contributed by atoms with Crippen LogP contribution in [-0.2, 0) is 10.0 Å². The topological polar surface area (TPSA) is 46.2 Å². The molecule has 21 heavy (non-hydrogen) atoms. The van der Waals surface area contributed by atoms with E-state index in [1.54, 1.807) is 43.3 Å². The van der Waals surface area contributed by atoms with Crippen molar-refractivity contribution < 1.29 is 8.42 Å². The Labute approximate surface area is 142 Å². The van der Waals surface area contributed by atoms with Gasteiger partial charge in [0.05, 0.1) is 4.90 Å². The zero-order valence-corrected chi connectivity index (χ0v) is 14.9. The molecule has 0 aromatic heterocycles. The number of benzene rings is 2. The van der Waals surface area contributed by atoms with Gasteiger partial charge in [-0.2, -0.15) is 0 Å². The summed E-state index contributed by atoms with van der Waals surface area (Å²) in [5.74, 6) is 0. The molecule has 2 rings (SSSR count). The van der Waals surface area contributed by atoms with E-state index in [0.717, 1.165) is 0 Å². The van der Waals surface area contributed by atoms with Crippen LogP contribution in [0.2, 0.25) is 10.0 Å². The molecular formula is C14H12BrCl2NO2S. The Morgan fingerprint density at radius 1 is 1.14 bits per heavy atom. The Morgan fingerprint density at radius 3 is 2.48 bits per heavy atom. The van der Waals surface area contributed by atoms with Crippen LogP contribution in [0.1, 0.15) is 18.5 Å². The molecule has 0 amide bonds. The summed E-state index contributed by atoms with van der Waals surface area (Å²) in [4.78, 5) is 0.189. The first-order valence-corrected chi connectivity index (χ1v) is 9.05. The Bertz CT molecular complexity index is 765. The van der Waals surface area contributed by atoms with Gasteiger partial charge in [-0.05, 0) is 42.8 Å². The van der Waals surface area contributed by atoms with Crippen LogP contribution in [0.4, 0.5) is 0 Å². The molecule has 0 aliphatic rings. The first kappa shape index (κ1) is 16.8. The van der Waals surface area contributed by atoms with Crippen molar-refractivity contribution in [3.63, 3.8) is 0 Å². The minimum Gasteiger partial charge on any atom is -0.207 e. The molecule has 1 N–H and O–H groups in total. The van der Waals surface area contributed by atoms with Crippen LogP contribution >= 0.6 is 39.1 Å². The van der Waals surface area contributed by atoms with Crippen molar-refractivity contribution in [2.24, 2.45) is 0 Å². The van der Waals surface area contributed by atoms with Crippen LogP contribution in [0.15, 0.2) is 51.8 Å². The lowest BCUT2D eigenvalue weighted by molar-refractivity contribution is 0.567. The predicted octanol–water partition coefficient (Wildman–Crippen LogP) is 4.80. The van der Waals surface area contributed by atoms with Crippen LogP contribution in [0, 0.1) is 0 Å². The highest BCUT2D eigenvalue weighted by Crippen LogP contribution is 2.27. The lowest BCUT2D eigenvalue weighted by atomic mass is 10.1. The molecule has 112 valence electrons. The third-order valence-corrected chi connectivity index (χ3v) is 5.46. The minimum atomic E-state index is -3.63. The van der Waals surface area contributed by atoms with Crippen molar-refractivity contribution >= 4 is 49.2 Å². The van der Waals surface area contributed by atoms with Crippen LogP contribution < -0.4 is 4.72 Å². The lowest BCUT2D eigenvalue weighted by Gasteiger charge is -2.16. The normalized spacial score (nSPS) is 13.1. The highest BCUT2D eigenvalue weighted by atomic mass is 79.9. The number of rotatable bonds is 4. The fourth-order valence-electron chi connectivity index (χ4n) is 1.85. The summed E-state index contributed by atoms with van der Waals surface area (Å²) in [5.41, 5.74) is 0.666. The summed E-state index contributed by atoms with van der Waals surface area (Å²) in [6.07, 6.45) is 0. The molecule has 3 nitrogen and oxygen atoms in total. The van der Waals surface area contributed by atoms with Crippen molar-refractivity contribution in [3.8, 4) is 0 Å². The smallest absolute Gasteiger partial charge is 0.207 e. The van der Waals surface area contributed by atoms with E-state index in [1.807, 2.05) is 0 Å². The molecule has 0 aliphatic carbocycles. The number of hydrogen-bond acceptors (Lipinski definition) is 2. The van der Waals surface area contributed by atoms with Gasteiger partial charge in [-0.25, -0.2) is 13.1 Å². The van der Waals surface area contributed by atoms with Crippen LogP contribution in [-0.4, -0.2) is 8.42 Å². The molecular weight excluding hydrogens is 397 g/mol. The van der Waals surface area contributed by atoms with Crippen molar-refractivity contribution in [1.82, 2.24) is 4.72 Å². The first-order chi connectivity index (χ1) is 9.79. The average Bonchev–Trinajstić information content (AvgIpc) is 2.37. The molecule has 0 saturated heterocycles. The molecule has 2 aromatic carbocycles. The molecule has 2 aromatic rings. The molecule has 7 heteroatoms. The van der Waals surface area contributed by atoms with E-state index in [4.69, 9.17) is 23.2 Å². The molecule has 0 unspecified atom stereocenters. The second kappa shape index (κ2) is 6.67. The van der Waals surface area contributed by atoms with Crippen molar-refractivity contribution in [3.05, 3.63) is 62.5 Å². The van der Waals surface area contributed by atoms with E-state index in [9.17, 15) is 8.42 Å². The van der Waals surface area contributed by atoms with Gasteiger partial charge in [0.15, 0.2) is 0 Å². The number of sulfonamides is 1. The van der Waals surface area contributed by atoms with Gasteiger partial charge in [0, 0.05) is 20.6 Å². The molecule has 0 heterocycles. The van der Waals surface area contributed by atoms with Gasteiger partial charge in [0.1, 0.15) is 0 Å². The van der Waals surface area contributed by atoms with Crippen molar-refractivity contribution in [2.75, 3.05) is 0 Å². The molecule has 0 bridgehead atoms. The highest BCUT2D eigenvalue weighted by molar-refractivity contribution is 9.10. The number of hydrogen-bond donors (Lipinski definition) is 1. The maximum absolute atomic E-state index is 12.3. The van der Waals surface area contributed by atoms with Gasteiger partial charge in [0.2, 0.25) is 10.0 Å². The fourth-order valence-corrected chi connectivity index (χ4v) is 4.24. The summed E-state index contributed by atoms with van der Waals surface area (Å²) in [6, 6.07) is 11.0. The highest BCUT2D eigenvalue weighted by Gasteiger charge is 2.20. The maximum Gasteiger partial charge on any atom is 0.241 e. The Kier molecular flexibility index (Phi) is 5.33. The van der Waals surface area contributed by atoms with E-state index in [0.29, 0.717) is 20.1 Å². The number of halogens is 3. The predicted molar refractivity (Wildman–Crippen MR) is 89.3 cm³/mol. The van der Waals surface area contributed by atoms with Gasteiger partial charge in [-0.15, -0.1) is 0 Å². The summed E-state index contributed by atoms with van der Waals surface area (Å²) >= 11 is 15.2. The third kappa shape index (κ3) is 4.20. The lowest BCUT2D eigenvalue weighted by Crippen LogP contribution is -2.27. The van der Waals surface area contributed by atoms with E-state index >= 15 is 0 Å². The van der Waals surface area contributed by atoms with Gasteiger partial charge in [-0.3, -0.25) is 0 Å². The fraction of sp³-hybridized carbons (Fsp3) is 0.143. The molecule has 1 atom stereocenters. The first-order valence-electron chi connectivity index (χ1n) is 6.02. The van der Waals surface area contributed by atoms with E-state index < -0.39 is 16.1 Å². The molecule has 0 saturated carbocycles. The van der Waals surface area contributed by atoms with Gasteiger partial charge in [0.25, 0.3) is 0 Å². The third-order valence-electron chi connectivity index (χ3n) is 2.87. The zero-order chi connectivity index (χ0) is 15.6. The van der Waals surface area contributed by atoms with E-state index in [1.165, 1.54) is 6.07 Å². The summed E-state index contributed by atoms with van der Waals surface area (Å²) in [7, 11) is -3.63. The standard InChI is InChI=1S/C14H12BrCl2NO2S/c1-9(13-6-5-11(16)8-14(13)17)18-21(19,20)12-4-2-3-10(15)7-12/h2-9,18H,1H3/t9-/m0/s1. The van der Waals surface area contributed by atoms with Gasteiger partial charge >= 0.3 is 0 Å². The van der Waals surface area contributed by atoms with E-state index in [-0.39, 0.29) is 4.90 Å². The zero-order valence-electron chi connectivity index (χ0n) is 11.0. The monoisotopic (exact) mass is 407 g/mol. The second-order valence-electron chi connectivity index (χ2n) is 4.47. The van der Waals surface area contributed by atoms with Crippen molar-refractivity contribution in [1.29, 1.82) is 0 Å². The molecule has 0 spiro atoms. The largest absolute Gasteiger partial charge is 0.241 e. The summed E-state index contributed by atoms with van der Waals surface area (Å²) in [5, 5.41) is 0.928. The SMILES string of the molecule is C[C@H](NS(=O)(=O)c1cccc(Br)c1)c1ccc(Cl)cc1Cl. The molecule has 0 radical (unpaired) electrons. The average molecular weight is 409 g/mol.